The molecule has 6 nitrogen and oxygen atoms in total. The molecule has 0 saturated heterocycles. The molecule has 3 aromatic rings. The smallest absolute Gasteiger partial charge is 0.283 e. The Kier molecular flexibility index (Phi) is 6.39. The second-order valence-electron chi connectivity index (χ2n) is 6.00. The third-order valence-corrected chi connectivity index (χ3v) is 5.01. The molecule has 1 aromatic heterocycles. The quantitative estimate of drug-likeness (QED) is 0.483. The number of para-hydroxylation sites is 1. The highest BCUT2D eigenvalue weighted by Gasteiger charge is 2.13. The largest absolute Gasteiger partial charge is 0.493 e. The van der Waals surface area contributed by atoms with Gasteiger partial charge in [-0.15, -0.1) is 11.3 Å². The van der Waals surface area contributed by atoms with Gasteiger partial charge in [0.1, 0.15) is 11.5 Å². The van der Waals surface area contributed by atoms with Gasteiger partial charge < -0.3 is 9.47 Å². The second-order valence-corrected chi connectivity index (χ2v) is 7.20. The lowest BCUT2D eigenvalue weighted by molar-refractivity contribution is 0.0958. The number of carbonyl (C=O) groups excluding carboxylic acids is 1. The van der Waals surface area contributed by atoms with E-state index in [1.54, 1.807) is 20.2 Å². The summed E-state index contributed by atoms with van der Waals surface area (Å²) in [7, 11) is 1.59. The lowest BCUT2D eigenvalue weighted by atomic mass is 10.2. The average Bonchev–Trinajstić information content (AvgIpc) is 3.05. The zero-order valence-electron chi connectivity index (χ0n) is 15.9. The number of hydrogen-bond acceptors (Lipinski definition) is 6. The molecule has 0 spiro atoms. The Hall–Kier alpha value is -3.19. The first-order chi connectivity index (χ1) is 13.6. The van der Waals surface area contributed by atoms with Gasteiger partial charge in [0.15, 0.2) is 11.5 Å². The molecule has 0 aliphatic rings. The number of aryl methyl sites for hydroxylation is 2. The number of nitrogens with one attached hydrogen (secondary N) is 1. The van der Waals surface area contributed by atoms with Gasteiger partial charge in [0.2, 0.25) is 0 Å². The number of benzene rings is 2. The fourth-order valence-corrected chi connectivity index (χ4v) is 3.44. The van der Waals surface area contributed by atoms with E-state index in [0.29, 0.717) is 34.2 Å². The average molecular weight is 395 g/mol. The van der Waals surface area contributed by atoms with E-state index < -0.39 is 0 Å². The van der Waals surface area contributed by atoms with Crippen molar-refractivity contribution in [2.75, 3.05) is 7.11 Å². The van der Waals surface area contributed by atoms with E-state index >= 15 is 0 Å². The molecule has 0 saturated carbocycles. The Morgan fingerprint density at radius 3 is 2.64 bits per heavy atom. The van der Waals surface area contributed by atoms with Gasteiger partial charge in [-0.05, 0) is 31.5 Å². The number of methoxy groups -OCH3 is 1. The van der Waals surface area contributed by atoms with Crippen molar-refractivity contribution in [3.63, 3.8) is 0 Å². The SMILES string of the molecule is COc1cccc(/C=N/NC(=O)c2sc(C)nc2C)c1OCc1ccccc1. The van der Waals surface area contributed by atoms with Crippen molar-refractivity contribution in [3.05, 3.63) is 75.2 Å². The van der Waals surface area contributed by atoms with Gasteiger partial charge in [0.05, 0.1) is 24.0 Å². The Bertz CT molecular complexity index is 984. The van der Waals surface area contributed by atoms with E-state index in [4.69, 9.17) is 9.47 Å². The van der Waals surface area contributed by atoms with Crippen LogP contribution in [0.4, 0.5) is 0 Å². The number of hydrazone groups is 1. The number of rotatable bonds is 7. The Labute approximate surface area is 167 Å². The van der Waals surface area contributed by atoms with Crippen LogP contribution in [0.25, 0.3) is 0 Å². The van der Waals surface area contributed by atoms with E-state index in [1.807, 2.05) is 55.5 Å². The van der Waals surface area contributed by atoms with Gasteiger partial charge >= 0.3 is 0 Å². The summed E-state index contributed by atoms with van der Waals surface area (Å²) in [6, 6.07) is 15.4. The zero-order chi connectivity index (χ0) is 19.9. The van der Waals surface area contributed by atoms with Crippen LogP contribution in [0, 0.1) is 13.8 Å². The van der Waals surface area contributed by atoms with E-state index in [0.717, 1.165) is 10.6 Å². The number of amides is 1. The van der Waals surface area contributed by atoms with Crippen LogP contribution in [0.1, 0.15) is 31.5 Å². The van der Waals surface area contributed by atoms with Gasteiger partial charge in [-0.1, -0.05) is 36.4 Å². The molecule has 28 heavy (non-hydrogen) atoms. The van der Waals surface area contributed by atoms with Crippen LogP contribution in [-0.4, -0.2) is 24.2 Å². The van der Waals surface area contributed by atoms with Crippen LogP contribution >= 0.6 is 11.3 Å². The molecular formula is C21H21N3O3S. The normalized spacial score (nSPS) is 10.8. The third-order valence-electron chi connectivity index (χ3n) is 3.93. The first-order valence-corrected chi connectivity index (χ1v) is 9.51. The van der Waals surface area contributed by atoms with Crippen LogP contribution in [0.15, 0.2) is 53.6 Å². The van der Waals surface area contributed by atoms with Gasteiger partial charge in [-0.3, -0.25) is 4.79 Å². The summed E-state index contributed by atoms with van der Waals surface area (Å²) >= 11 is 1.34. The summed E-state index contributed by atoms with van der Waals surface area (Å²) in [6.45, 7) is 4.07. The summed E-state index contributed by atoms with van der Waals surface area (Å²) in [4.78, 5) is 17.1. The molecule has 3 rings (SSSR count). The predicted molar refractivity (Wildman–Crippen MR) is 110 cm³/mol. The molecule has 0 unspecified atom stereocenters. The zero-order valence-corrected chi connectivity index (χ0v) is 16.7. The van der Waals surface area contributed by atoms with Crippen molar-refractivity contribution >= 4 is 23.5 Å². The molecule has 1 N–H and O–H groups in total. The minimum atomic E-state index is -0.283. The minimum Gasteiger partial charge on any atom is -0.493 e. The van der Waals surface area contributed by atoms with Crippen LogP contribution in [0.3, 0.4) is 0 Å². The van der Waals surface area contributed by atoms with Gasteiger partial charge in [-0.2, -0.15) is 5.10 Å². The number of carbonyl (C=O) groups is 1. The molecule has 144 valence electrons. The van der Waals surface area contributed by atoms with Crippen molar-refractivity contribution in [3.8, 4) is 11.5 Å². The molecule has 0 atom stereocenters. The highest BCUT2D eigenvalue weighted by Crippen LogP contribution is 2.30. The van der Waals surface area contributed by atoms with Crippen molar-refractivity contribution in [2.45, 2.75) is 20.5 Å². The summed E-state index contributed by atoms with van der Waals surface area (Å²) in [5.74, 6) is 0.880. The van der Waals surface area contributed by atoms with Crippen molar-refractivity contribution in [2.24, 2.45) is 5.10 Å². The number of ether oxygens (including phenoxy) is 2. The van der Waals surface area contributed by atoms with Crippen LogP contribution in [0.5, 0.6) is 11.5 Å². The summed E-state index contributed by atoms with van der Waals surface area (Å²) < 4.78 is 11.4. The molecule has 0 radical (unpaired) electrons. The van der Waals surface area contributed by atoms with E-state index in [9.17, 15) is 4.79 Å². The standard InChI is InChI=1S/C21H21N3O3S/c1-14-20(28-15(2)23-14)21(25)24-22-12-17-10-7-11-18(26-3)19(17)27-13-16-8-5-4-6-9-16/h4-12H,13H2,1-3H3,(H,24,25)/b22-12+. The number of aromatic nitrogens is 1. The van der Waals surface area contributed by atoms with E-state index in [2.05, 4.69) is 15.5 Å². The molecule has 7 heteroatoms. The predicted octanol–water partition coefficient (Wildman–Crippen LogP) is 4.11. The summed E-state index contributed by atoms with van der Waals surface area (Å²) in [5.41, 5.74) is 4.99. The monoisotopic (exact) mass is 395 g/mol. The molecule has 0 bridgehead atoms. The number of thiazole rings is 1. The lowest BCUT2D eigenvalue weighted by Crippen LogP contribution is -2.17. The van der Waals surface area contributed by atoms with Crippen LogP contribution in [0.2, 0.25) is 0 Å². The molecule has 2 aromatic carbocycles. The fraction of sp³-hybridized carbons (Fsp3) is 0.190. The summed E-state index contributed by atoms with van der Waals surface area (Å²) in [6.07, 6.45) is 1.55. The number of hydrogen-bond donors (Lipinski definition) is 1. The number of nitrogens with zero attached hydrogens (tertiary/aromatic N) is 2. The molecule has 1 amide bonds. The maximum Gasteiger partial charge on any atom is 0.283 e. The van der Waals surface area contributed by atoms with Crippen molar-refractivity contribution in [1.82, 2.24) is 10.4 Å². The van der Waals surface area contributed by atoms with Crippen LogP contribution < -0.4 is 14.9 Å². The van der Waals surface area contributed by atoms with Gasteiger partial charge in [-0.25, -0.2) is 10.4 Å². The third kappa shape index (κ3) is 4.75. The van der Waals surface area contributed by atoms with Crippen molar-refractivity contribution in [1.29, 1.82) is 0 Å². The molecule has 1 heterocycles. The van der Waals surface area contributed by atoms with Gasteiger partial charge in [0.25, 0.3) is 5.91 Å². The summed E-state index contributed by atoms with van der Waals surface area (Å²) in [5, 5.41) is 4.92. The molecule has 0 fully saturated rings. The Balaban J connectivity index is 1.74. The Morgan fingerprint density at radius 1 is 1.18 bits per heavy atom. The topological polar surface area (TPSA) is 72.8 Å². The van der Waals surface area contributed by atoms with Crippen molar-refractivity contribution < 1.29 is 14.3 Å². The minimum absolute atomic E-state index is 0.283. The van der Waals surface area contributed by atoms with Gasteiger partial charge in [0, 0.05) is 5.56 Å². The van der Waals surface area contributed by atoms with E-state index in [1.165, 1.54) is 11.3 Å². The molecular weight excluding hydrogens is 374 g/mol. The highest BCUT2D eigenvalue weighted by atomic mass is 32.1. The first-order valence-electron chi connectivity index (χ1n) is 8.69. The molecule has 0 aliphatic carbocycles. The Morgan fingerprint density at radius 2 is 1.96 bits per heavy atom. The van der Waals surface area contributed by atoms with E-state index in [-0.39, 0.29) is 5.91 Å². The van der Waals surface area contributed by atoms with Crippen LogP contribution in [-0.2, 0) is 6.61 Å². The fourth-order valence-electron chi connectivity index (χ4n) is 2.63. The highest BCUT2D eigenvalue weighted by molar-refractivity contribution is 7.13. The molecule has 0 aliphatic heterocycles. The maximum absolute atomic E-state index is 12.3. The first kappa shape index (κ1) is 19.6. The lowest BCUT2D eigenvalue weighted by Gasteiger charge is -2.13. The maximum atomic E-state index is 12.3. The second kappa shape index (κ2) is 9.14.